The van der Waals surface area contributed by atoms with Gasteiger partial charge >= 0.3 is 0 Å². The highest BCUT2D eigenvalue weighted by Crippen LogP contribution is 2.16. The van der Waals surface area contributed by atoms with Crippen LogP contribution in [0.3, 0.4) is 0 Å². The number of likely N-dealkylation sites (tertiary alicyclic amines) is 2. The zero-order valence-corrected chi connectivity index (χ0v) is 11.6. The minimum Gasteiger partial charge on any atom is -0.288 e. The van der Waals surface area contributed by atoms with Crippen molar-refractivity contribution in [2.45, 2.75) is 64.7 Å². The van der Waals surface area contributed by atoms with Gasteiger partial charge in [0.1, 0.15) is 0 Å². The van der Waals surface area contributed by atoms with Crippen molar-refractivity contribution >= 4 is 0 Å². The van der Waals surface area contributed by atoms with Crippen LogP contribution in [-0.2, 0) is 0 Å². The van der Waals surface area contributed by atoms with Gasteiger partial charge in [-0.2, -0.15) is 0 Å². The fraction of sp³-hybridized carbons (Fsp3) is 1.00. The molecule has 0 amide bonds. The van der Waals surface area contributed by atoms with Crippen LogP contribution in [0.1, 0.15) is 52.4 Å². The molecule has 2 heterocycles. The van der Waals surface area contributed by atoms with E-state index in [-0.39, 0.29) is 0 Å². The predicted octanol–water partition coefficient (Wildman–Crippen LogP) is 2.24. The van der Waals surface area contributed by atoms with Gasteiger partial charge in [-0.25, -0.2) is 0 Å². The Bertz CT molecular complexity index is 186. The zero-order chi connectivity index (χ0) is 12.1. The third kappa shape index (κ3) is 3.43. The molecule has 1 N–H and O–H groups in total. The molecule has 2 aliphatic heterocycles. The Kier molecular flexibility index (Phi) is 5.26. The van der Waals surface area contributed by atoms with Crippen LogP contribution in [0.2, 0.25) is 0 Å². The van der Waals surface area contributed by atoms with Gasteiger partial charge in [-0.1, -0.05) is 13.8 Å². The van der Waals surface area contributed by atoms with E-state index < -0.39 is 0 Å². The zero-order valence-electron chi connectivity index (χ0n) is 11.6. The maximum absolute atomic E-state index is 3.89. The topological polar surface area (TPSA) is 18.5 Å². The lowest BCUT2D eigenvalue weighted by Gasteiger charge is -2.35. The molecule has 0 radical (unpaired) electrons. The van der Waals surface area contributed by atoms with Gasteiger partial charge in [-0.15, -0.1) is 0 Å². The first kappa shape index (κ1) is 13.3. The van der Waals surface area contributed by atoms with Crippen LogP contribution in [0.15, 0.2) is 0 Å². The van der Waals surface area contributed by atoms with Crippen LogP contribution in [0.4, 0.5) is 0 Å². The van der Waals surface area contributed by atoms with Crippen LogP contribution >= 0.6 is 0 Å². The molecule has 0 bridgehead atoms. The van der Waals surface area contributed by atoms with Crippen LogP contribution < -0.4 is 5.32 Å². The summed E-state index contributed by atoms with van der Waals surface area (Å²) in [7, 11) is 0. The maximum atomic E-state index is 3.89. The Morgan fingerprint density at radius 1 is 0.765 bits per heavy atom. The number of rotatable bonds is 6. The molecular weight excluding hydrogens is 210 g/mol. The summed E-state index contributed by atoms with van der Waals surface area (Å²) in [6.45, 7) is 9.80. The summed E-state index contributed by atoms with van der Waals surface area (Å²) in [5.74, 6) is 0. The fourth-order valence-electron chi connectivity index (χ4n) is 3.29. The highest BCUT2D eigenvalue weighted by Gasteiger charge is 2.26. The summed E-state index contributed by atoms with van der Waals surface area (Å²) in [6.07, 6.45) is 9.20. The van der Waals surface area contributed by atoms with Gasteiger partial charge in [-0.3, -0.25) is 15.1 Å². The molecule has 3 heteroatoms. The van der Waals surface area contributed by atoms with E-state index in [0.717, 1.165) is 0 Å². The second kappa shape index (κ2) is 6.72. The molecule has 2 unspecified atom stereocenters. The molecular formula is C14H29N3. The molecule has 17 heavy (non-hydrogen) atoms. The quantitative estimate of drug-likeness (QED) is 0.767. The third-order valence-electron chi connectivity index (χ3n) is 4.32. The van der Waals surface area contributed by atoms with Gasteiger partial charge in [0.05, 0.1) is 12.3 Å². The standard InChI is InChI=1S/C14H29N3/c1-3-13(16-9-5-6-10-16)15-14(4-2)17-11-7-8-12-17/h13-15H,3-12H2,1-2H3. The Hall–Kier alpha value is -0.120. The first-order valence-electron chi connectivity index (χ1n) is 7.59. The highest BCUT2D eigenvalue weighted by molar-refractivity contribution is 4.80. The predicted molar refractivity (Wildman–Crippen MR) is 72.9 cm³/mol. The van der Waals surface area contributed by atoms with Crippen LogP contribution in [-0.4, -0.2) is 48.3 Å². The number of nitrogens with zero attached hydrogens (tertiary/aromatic N) is 2. The molecule has 2 atom stereocenters. The van der Waals surface area contributed by atoms with Gasteiger partial charge in [0.2, 0.25) is 0 Å². The van der Waals surface area contributed by atoms with Gasteiger partial charge < -0.3 is 0 Å². The highest BCUT2D eigenvalue weighted by atomic mass is 15.4. The molecule has 100 valence electrons. The lowest BCUT2D eigenvalue weighted by atomic mass is 10.2. The molecule has 2 fully saturated rings. The molecule has 2 aliphatic rings. The maximum Gasteiger partial charge on any atom is 0.0606 e. The van der Waals surface area contributed by atoms with Crippen molar-refractivity contribution in [3.8, 4) is 0 Å². The molecule has 3 nitrogen and oxygen atoms in total. The summed E-state index contributed by atoms with van der Waals surface area (Å²) in [4.78, 5) is 5.28. The lowest BCUT2D eigenvalue weighted by molar-refractivity contribution is 0.113. The van der Waals surface area contributed by atoms with Gasteiger partial charge in [0.15, 0.2) is 0 Å². The molecule has 0 aliphatic carbocycles. The molecule has 0 aromatic rings. The first-order valence-corrected chi connectivity index (χ1v) is 7.59. The molecule has 0 saturated carbocycles. The second-order valence-corrected chi connectivity index (χ2v) is 5.50. The molecule has 0 aromatic carbocycles. The van der Waals surface area contributed by atoms with Crippen molar-refractivity contribution in [3.63, 3.8) is 0 Å². The average molecular weight is 239 g/mol. The van der Waals surface area contributed by atoms with E-state index in [1.807, 2.05) is 0 Å². The van der Waals surface area contributed by atoms with E-state index in [2.05, 4.69) is 29.0 Å². The third-order valence-corrected chi connectivity index (χ3v) is 4.32. The number of nitrogens with one attached hydrogen (secondary N) is 1. The first-order chi connectivity index (χ1) is 8.35. The summed E-state index contributed by atoms with van der Waals surface area (Å²) < 4.78 is 0. The van der Waals surface area contributed by atoms with Crippen LogP contribution in [0, 0.1) is 0 Å². The Morgan fingerprint density at radius 2 is 1.12 bits per heavy atom. The van der Waals surface area contributed by atoms with Crippen molar-refractivity contribution in [2.24, 2.45) is 0 Å². The minimum atomic E-state index is 0.600. The van der Waals surface area contributed by atoms with Crippen molar-refractivity contribution in [2.75, 3.05) is 26.2 Å². The molecule has 0 spiro atoms. The van der Waals surface area contributed by atoms with Crippen molar-refractivity contribution in [1.29, 1.82) is 0 Å². The van der Waals surface area contributed by atoms with Crippen molar-refractivity contribution in [3.05, 3.63) is 0 Å². The van der Waals surface area contributed by atoms with Crippen molar-refractivity contribution < 1.29 is 0 Å². The second-order valence-electron chi connectivity index (χ2n) is 5.50. The monoisotopic (exact) mass is 239 g/mol. The van der Waals surface area contributed by atoms with E-state index in [1.165, 1.54) is 64.7 Å². The SMILES string of the molecule is CCC(NC(CC)N1CCCC1)N1CCCC1. The Balaban J connectivity index is 1.86. The summed E-state index contributed by atoms with van der Waals surface area (Å²) >= 11 is 0. The van der Waals surface area contributed by atoms with E-state index in [1.54, 1.807) is 0 Å². The lowest BCUT2D eigenvalue weighted by Crippen LogP contribution is -2.53. The average Bonchev–Trinajstić information content (AvgIpc) is 3.03. The van der Waals surface area contributed by atoms with Gasteiger partial charge in [0.25, 0.3) is 0 Å². The van der Waals surface area contributed by atoms with Crippen molar-refractivity contribution in [1.82, 2.24) is 15.1 Å². The Morgan fingerprint density at radius 3 is 1.41 bits per heavy atom. The van der Waals surface area contributed by atoms with E-state index in [0.29, 0.717) is 12.3 Å². The summed E-state index contributed by atoms with van der Waals surface area (Å²) in [5.41, 5.74) is 0. The molecule has 2 saturated heterocycles. The van der Waals surface area contributed by atoms with E-state index in [4.69, 9.17) is 0 Å². The molecule has 0 aromatic heterocycles. The van der Waals surface area contributed by atoms with E-state index in [9.17, 15) is 0 Å². The van der Waals surface area contributed by atoms with Crippen LogP contribution in [0.5, 0.6) is 0 Å². The minimum absolute atomic E-state index is 0.600. The number of hydrogen-bond acceptors (Lipinski definition) is 3. The summed E-state index contributed by atoms with van der Waals surface area (Å²) in [6, 6.07) is 0. The fourth-order valence-corrected chi connectivity index (χ4v) is 3.29. The molecule has 2 rings (SSSR count). The largest absolute Gasteiger partial charge is 0.288 e. The summed E-state index contributed by atoms with van der Waals surface area (Å²) in [5, 5.41) is 3.89. The number of hydrogen-bond donors (Lipinski definition) is 1. The smallest absolute Gasteiger partial charge is 0.0606 e. The van der Waals surface area contributed by atoms with Gasteiger partial charge in [-0.05, 0) is 64.7 Å². The Labute approximate surface area is 107 Å². The van der Waals surface area contributed by atoms with E-state index >= 15 is 0 Å². The van der Waals surface area contributed by atoms with Gasteiger partial charge in [0, 0.05) is 0 Å². The normalized spacial score (nSPS) is 26.5. The van der Waals surface area contributed by atoms with Crippen LogP contribution in [0.25, 0.3) is 0 Å².